The third-order valence-corrected chi connectivity index (χ3v) is 4.35. The lowest BCUT2D eigenvalue weighted by molar-refractivity contribution is 0.105. The number of ether oxygens (including phenoxy) is 1. The molecule has 2 aromatic carbocycles. The third-order valence-electron chi connectivity index (χ3n) is 4.35. The van der Waals surface area contributed by atoms with E-state index >= 15 is 0 Å². The first-order valence-electron chi connectivity index (χ1n) is 6.96. The highest BCUT2D eigenvalue weighted by atomic mass is 16.5. The lowest BCUT2D eigenvalue weighted by Crippen LogP contribution is -2.41. The van der Waals surface area contributed by atoms with Gasteiger partial charge >= 0.3 is 0 Å². The number of anilines is 1. The molecule has 20 heavy (non-hydrogen) atoms. The van der Waals surface area contributed by atoms with E-state index in [1.165, 1.54) is 0 Å². The van der Waals surface area contributed by atoms with Crippen molar-refractivity contribution >= 4 is 16.5 Å². The normalized spacial score (nSPS) is 25.6. The molecule has 0 aromatic heterocycles. The van der Waals surface area contributed by atoms with Gasteiger partial charge in [-0.3, -0.25) is 0 Å². The molecule has 3 heteroatoms. The predicted molar refractivity (Wildman–Crippen MR) is 80.7 cm³/mol. The van der Waals surface area contributed by atoms with Gasteiger partial charge in [-0.05, 0) is 32.4 Å². The van der Waals surface area contributed by atoms with Crippen molar-refractivity contribution in [3.63, 3.8) is 0 Å². The molecule has 3 rings (SSSR count). The first-order valence-corrected chi connectivity index (χ1v) is 6.96. The van der Waals surface area contributed by atoms with Gasteiger partial charge in [0.1, 0.15) is 0 Å². The Morgan fingerprint density at radius 2 is 2.00 bits per heavy atom. The number of rotatable bonds is 2. The Labute approximate surface area is 119 Å². The molecule has 102 valence electrons. The zero-order valence-corrected chi connectivity index (χ0v) is 11.8. The molecule has 0 radical (unpaired) electrons. The summed E-state index contributed by atoms with van der Waals surface area (Å²) in [6.45, 7) is 5.09. The Hall–Kier alpha value is -2.05. The number of hydrogen-bond acceptors (Lipinski definition) is 3. The summed E-state index contributed by atoms with van der Waals surface area (Å²) in [6.07, 6.45) is 1.17. The van der Waals surface area contributed by atoms with Crippen molar-refractivity contribution in [2.24, 2.45) is 0 Å². The summed E-state index contributed by atoms with van der Waals surface area (Å²) in [4.78, 5) is 0. The topological polar surface area (TPSA) is 45.0 Å². The Bertz CT molecular complexity index is 689. The van der Waals surface area contributed by atoms with Crippen LogP contribution >= 0.6 is 0 Å². The lowest BCUT2D eigenvalue weighted by Gasteiger charge is -2.30. The van der Waals surface area contributed by atoms with Gasteiger partial charge in [0, 0.05) is 23.1 Å². The summed E-state index contributed by atoms with van der Waals surface area (Å²) in [5.41, 5.74) is 1.73. The van der Waals surface area contributed by atoms with Crippen molar-refractivity contribution in [2.45, 2.75) is 31.9 Å². The first-order chi connectivity index (χ1) is 9.64. The SMILES string of the molecule is CC1OCCC1(C)Nc1ccc(C#N)c2ccccc12. The Balaban J connectivity index is 2.07. The second kappa shape index (κ2) is 4.81. The van der Waals surface area contributed by atoms with E-state index in [1.807, 2.05) is 30.3 Å². The van der Waals surface area contributed by atoms with E-state index < -0.39 is 0 Å². The van der Waals surface area contributed by atoms with Gasteiger partial charge in [0.2, 0.25) is 0 Å². The van der Waals surface area contributed by atoms with Crippen LogP contribution in [-0.2, 0) is 4.74 Å². The molecule has 0 bridgehead atoms. The van der Waals surface area contributed by atoms with Gasteiger partial charge in [-0.15, -0.1) is 0 Å². The summed E-state index contributed by atoms with van der Waals surface area (Å²) in [7, 11) is 0. The smallest absolute Gasteiger partial charge is 0.0998 e. The van der Waals surface area contributed by atoms with E-state index in [9.17, 15) is 5.26 Å². The second-order valence-electron chi connectivity index (χ2n) is 5.62. The number of nitrogens with one attached hydrogen (secondary N) is 1. The molecule has 2 unspecified atom stereocenters. The summed E-state index contributed by atoms with van der Waals surface area (Å²) in [5.74, 6) is 0. The van der Waals surface area contributed by atoms with Crippen LogP contribution < -0.4 is 5.32 Å². The van der Waals surface area contributed by atoms with Crippen LogP contribution in [0, 0.1) is 11.3 Å². The highest BCUT2D eigenvalue weighted by molar-refractivity contribution is 5.97. The van der Waals surface area contributed by atoms with Crippen LogP contribution in [0.2, 0.25) is 0 Å². The highest BCUT2D eigenvalue weighted by Gasteiger charge is 2.37. The molecule has 3 nitrogen and oxygen atoms in total. The molecule has 1 N–H and O–H groups in total. The van der Waals surface area contributed by atoms with Gasteiger partial charge < -0.3 is 10.1 Å². The molecule has 0 amide bonds. The fourth-order valence-corrected chi connectivity index (χ4v) is 2.81. The third kappa shape index (κ3) is 2.03. The maximum Gasteiger partial charge on any atom is 0.0998 e. The van der Waals surface area contributed by atoms with Crippen molar-refractivity contribution in [3.8, 4) is 6.07 Å². The molecule has 0 aliphatic carbocycles. The minimum atomic E-state index is -0.0586. The van der Waals surface area contributed by atoms with Crippen molar-refractivity contribution in [2.75, 3.05) is 11.9 Å². The number of nitrogens with zero attached hydrogens (tertiary/aromatic N) is 1. The van der Waals surface area contributed by atoms with Crippen molar-refractivity contribution in [3.05, 3.63) is 42.0 Å². The number of fused-ring (bicyclic) bond motifs is 1. The van der Waals surface area contributed by atoms with Crippen LogP contribution in [0.4, 0.5) is 5.69 Å². The molecular weight excluding hydrogens is 248 g/mol. The van der Waals surface area contributed by atoms with Crippen molar-refractivity contribution in [1.82, 2.24) is 0 Å². The van der Waals surface area contributed by atoms with Crippen LogP contribution in [0.15, 0.2) is 36.4 Å². The standard InChI is InChI=1S/C17H18N2O/c1-12-17(2,9-10-20-12)19-16-8-7-13(11-18)14-5-3-4-6-15(14)16/h3-8,12,19H,9-10H2,1-2H3. The molecule has 1 aliphatic rings. The van der Waals surface area contributed by atoms with Gasteiger partial charge in [-0.25, -0.2) is 0 Å². The maximum atomic E-state index is 9.21. The molecule has 1 fully saturated rings. The molecule has 2 atom stereocenters. The summed E-state index contributed by atoms with van der Waals surface area (Å²) < 4.78 is 5.68. The molecule has 1 aliphatic heterocycles. The van der Waals surface area contributed by atoms with Crippen LogP contribution in [-0.4, -0.2) is 18.2 Å². The van der Waals surface area contributed by atoms with Gasteiger partial charge in [0.15, 0.2) is 0 Å². The van der Waals surface area contributed by atoms with Crippen molar-refractivity contribution in [1.29, 1.82) is 5.26 Å². The monoisotopic (exact) mass is 266 g/mol. The van der Waals surface area contributed by atoms with Gasteiger partial charge in [0.05, 0.1) is 23.3 Å². The number of benzene rings is 2. The maximum absolute atomic E-state index is 9.21. The zero-order valence-electron chi connectivity index (χ0n) is 11.8. The Morgan fingerprint density at radius 3 is 2.65 bits per heavy atom. The van der Waals surface area contributed by atoms with E-state index in [-0.39, 0.29) is 11.6 Å². The predicted octanol–water partition coefficient (Wildman–Crippen LogP) is 3.69. The fourth-order valence-electron chi connectivity index (χ4n) is 2.81. The van der Waals surface area contributed by atoms with Gasteiger partial charge in [-0.2, -0.15) is 5.26 Å². The minimum Gasteiger partial charge on any atom is -0.377 e. The fraction of sp³-hybridized carbons (Fsp3) is 0.353. The van der Waals surface area contributed by atoms with Gasteiger partial charge in [-0.1, -0.05) is 24.3 Å². The molecule has 1 heterocycles. The van der Waals surface area contributed by atoms with Crippen LogP contribution in [0.25, 0.3) is 10.8 Å². The molecule has 0 spiro atoms. The van der Waals surface area contributed by atoms with Gasteiger partial charge in [0.25, 0.3) is 0 Å². The summed E-state index contributed by atoms with van der Waals surface area (Å²) in [6, 6.07) is 14.2. The van der Waals surface area contributed by atoms with E-state index in [4.69, 9.17) is 4.74 Å². The van der Waals surface area contributed by atoms with E-state index in [0.717, 1.165) is 29.5 Å². The quantitative estimate of drug-likeness (QED) is 0.901. The number of nitriles is 1. The molecule has 0 saturated carbocycles. The van der Waals surface area contributed by atoms with Crippen LogP contribution in [0.1, 0.15) is 25.8 Å². The average molecular weight is 266 g/mol. The highest BCUT2D eigenvalue weighted by Crippen LogP contribution is 2.33. The van der Waals surface area contributed by atoms with E-state index in [2.05, 4.69) is 31.3 Å². The Kier molecular flexibility index (Phi) is 3.11. The largest absolute Gasteiger partial charge is 0.377 e. The molecule has 2 aromatic rings. The number of hydrogen-bond donors (Lipinski definition) is 1. The lowest BCUT2D eigenvalue weighted by atomic mass is 9.93. The zero-order chi connectivity index (χ0) is 14.2. The minimum absolute atomic E-state index is 0.0586. The molecule has 1 saturated heterocycles. The summed E-state index contributed by atoms with van der Waals surface area (Å²) >= 11 is 0. The molecular formula is C17H18N2O. The first kappa shape index (κ1) is 13.0. The van der Waals surface area contributed by atoms with E-state index in [0.29, 0.717) is 5.56 Å². The van der Waals surface area contributed by atoms with Crippen LogP contribution in [0.3, 0.4) is 0 Å². The van der Waals surface area contributed by atoms with Crippen molar-refractivity contribution < 1.29 is 4.74 Å². The average Bonchev–Trinajstić information content (AvgIpc) is 2.79. The second-order valence-corrected chi connectivity index (χ2v) is 5.62. The van der Waals surface area contributed by atoms with Crippen LogP contribution in [0.5, 0.6) is 0 Å². The Morgan fingerprint density at radius 1 is 1.25 bits per heavy atom. The van der Waals surface area contributed by atoms with E-state index in [1.54, 1.807) is 0 Å². The summed E-state index contributed by atoms with van der Waals surface area (Å²) in [5, 5.41) is 14.9.